The van der Waals surface area contributed by atoms with E-state index in [2.05, 4.69) is 10.3 Å². The van der Waals surface area contributed by atoms with Crippen LogP contribution in [0.1, 0.15) is 44.4 Å². The average Bonchev–Trinajstić information content (AvgIpc) is 3.28. The van der Waals surface area contributed by atoms with Gasteiger partial charge in [0.2, 0.25) is 5.91 Å². The first-order valence-corrected chi connectivity index (χ1v) is 13.0. The Hall–Kier alpha value is -3.79. The topological polar surface area (TPSA) is 89.5 Å². The van der Waals surface area contributed by atoms with E-state index in [0.717, 1.165) is 11.1 Å². The average molecular weight is 540 g/mol. The minimum absolute atomic E-state index is 0.0581. The molecule has 0 unspecified atom stereocenters. The number of ether oxygens (including phenoxy) is 3. The zero-order valence-electron chi connectivity index (χ0n) is 21.9. The molecule has 0 bridgehead atoms. The summed E-state index contributed by atoms with van der Waals surface area (Å²) in [6.45, 7) is 5.63. The number of hydrogen-bond acceptors (Lipinski definition) is 8. The maximum absolute atomic E-state index is 13.3. The van der Waals surface area contributed by atoms with Crippen molar-refractivity contribution in [2.24, 2.45) is 4.99 Å². The predicted molar refractivity (Wildman–Crippen MR) is 144 cm³/mol. The van der Waals surface area contributed by atoms with Crippen molar-refractivity contribution in [3.63, 3.8) is 0 Å². The number of halogens is 1. The zero-order valence-corrected chi connectivity index (χ0v) is 22.7. The molecule has 2 aromatic carbocycles. The van der Waals surface area contributed by atoms with Gasteiger partial charge < -0.3 is 24.4 Å². The molecule has 2 aromatic rings. The Morgan fingerprint density at radius 3 is 2.47 bits per heavy atom. The molecule has 0 radical (unpaired) electrons. The number of allylic oxidation sites excluding steroid dienone is 1. The van der Waals surface area contributed by atoms with Crippen molar-refractivity contribution in [3.8, 4) is 11.5 Å². The standard InChI is InChI=1S/C28H30FN3O5S/c1-16(2)37-27(34)25-17(3)31-28-32(26(25)19-8-11-22(35-4)23(12-19)36-5)21(15-38-28)13-24(33)30-14-18-6-9-20(29)10-7-18/h6-12,15-16,26H,13-14H2,1-5H3,(H,30,33)/t26-/m0/s1. The third-order valence-corrected chi connectivity index (χ3v) is 6.92. The van der Waals surface area contributed by atoms with Crippen LogP contribution in [0, 0.1) is 5.82 Å². The Balaban J connectivity index is 1.65. The van der Waals surface area contributed by atoms with Gasteiger partial charge in [-0.1, -0.05) is 30.0 Å². The smallest absolute Gasteiger partial charge is 0.338 e. The van der Waals surface area contributed by atoms with Gasteiger partial charge in [0.1, 0.15) is 5.82 Å². The number of nitrogens with one attached hydrogen (secondary N) is 1. The third-order valence-electron chi connectivity index (χ3n) is 6.03. The molecular formula is C28H30FN3O5S. The summed E-state index contributed by atoms with van der Waals surface area (Å²) in [5, 5.41) is 5.41. The molecule has 1 atom stereocenters. The number of rotatable bonds is 9. The largest absolute Gasteiger partial charge is 0.493 e. The Labute approximate surface area is 225 Å². The molecule has 2 aliphatic rings. The second-order valence-corrected chi connectivity index (χ2v) is 9.88. The van der Waals surface area contributed by atoms with Crippen LogP contribution < -0.4 is 14.8 Å². The van der Waals surface area contributed by atoms with Gasteiger partial charge in [0.25, 0.3) is 0 Å². The van der Waals surface area contributed by atoms with Crippen LogP contribution in [0.3, 0.4) is 0 Å². The van der Waals surface area contributed by atoms with Gasteiger partial charge in [0, 0.05) is 12.2 Å². The molecule has 8 nitrogen and oxygen atoms in total. The Morgan fingerprint density at radius 2 is 1.82 bits per heavy atom. The summed E-state index contributed by atoms with van der Waals surface area (Å²) in [7, 11) is 3.10. The lowest BCUT2D eigenvalue weighted by atomic mass is 9.93. The summed E-state index contributed by atoms with van der Waals surface area (Å²) in [5.74, 6) is 0.0436. The highest BCUT2D eigenvalue weighted by molar-refractivity contribution is 8.16. The summed E-state index contributed by atoms with van der Waals surface area (Å²) in [6, 6.07) is 10.8. The van der Waals surface area contributed by atoms with Crippen molar-refractivity contribution in [1.82, 2.24) is 10.2 Å². The number of fused-ring (bicyclic) bond motifs is 1. The lowest BCUT2D eigenvalue weighted by Gasteiger charge is -2.36. The van der Waals surface area contributed by atoms with Crippen LogP contribution in [0.4, 0.5) is 4.39 Å². The van der Waals surface area contributed by atoms with E-state index >= 15 is 0 Å². The van der Waals surface area contributed by atoms with Crippen molar-refractivity contribution >= 4 is 28.8 Å². The first-order valence-electron chi connectivity index (χ1n) is 12.1. The normalized spacial score (nSPS) is 16.6. The number of thioether (sulfide) groups is 1. The van der Waals surface area contributed by atoms with E-state index in [1.165, 1.54) is 23.9 Å². The third kappa shape index (κ3) is 5.85. The number of nitrogens with zero attached hydrogens (tertiary/aromatic N) is 2. The van der Waals surface area contributed by atoms with E-state index in [1.54, 1.807) is 53.2 Å². The number of amidine groups is 1. The number of hydrogen-bond donors (Lipinski definition) is 1. The SMILES string of the molecule is COc1ccc([C@H]2C(C(=O)OC(C)C)=C(C)N=C3SC=C(CC(=O)NCc4ccc(F)cc4)N32)cc1OC. The van der Waals surface area contributed by atoms with Gasteiger partial charge in [-0.25, -0.2) is 14.2 Å². The fraction of sp³-hybridized carbons (Fsp3) is 0.321. The van der Waals surface area contributed by atoms with Gasteiger partial charge in [-0.15, -0.1) is 0 Å². The monoisotopic (exact) mass is 539 g/mol. The minimum atomic E-state index is -0.597. The highest BCUT2D eigenvalue weighted by atomic mass is 32.2. The van der Waals surface area contributed by atoms with Crippen molar-refractivity contribution in [2.45, 2.75) is 45.9 Å². The fourth-order valence-electron chi connectivity index (χ4n) is 4.28. The van der Waals surface area contributed by atoms with E-state index in [-0.39, 0.29) is 30.8 Å². The summed E-state index contributed by atoms with van der Waals surface area (Å²) < 4.78 is 29.7. The van der Waals surface area contributed by atoms with Crippen molar-refractivity contribution in [1.29, 1.82) is 0 Å². The lowest BCUT2D eigenvalue weighted by molar-refractivity contribution is -0.143. The molecule has 38 heavy (non-hydrogen) atoms. The number of esters is 1. The van der Waals surface area contributed by atoms with Crippen LogP contribution >= 0.6 is 11.8 Å². The highest BCUT2D eigenvalue weighted by Gasteiger charge is 2.41. The number of aliphatic imine (C=N–C) groups is 1. The number of carbonyl (C=O) groups excluding carboxylic acids is 2. The maximum Gasteiger partial charge on any atom is 0.338 e. The number of amides is 1. The molecule has 1 amide bonds. The van der Waals surface area contributed by atoms with Crippen molar-refractivity contribution < 1.29 is 28.2 Å². The minimum Gasteiger partial charge on any atom is -0.493 e. The first kappa shape index (κ1) is 27.3. The van der Waals surface area contributed by atoms with E-state index in [1.807, 2.05) is 22.4 Å². The Kier molecular flexibility index (Phi) is 8.41. The van der Waals surface area contributed by atoms with Crippen LogP contribution in [0.2, 0.25) is 0 Å². The van der Waals surface area contributed by atoms with E-state index < -0.39 is 12.0 Å². The van der Waals surface area contributed by atoms with Gasteiger partial charge in [0.15, 0.2) is 16.7 Å². The summed E-state index contributed by atoms with van der Waals surface area (Å²) in [5.41, 5.74) is 3.16. The number of carbonyl (C=O) groups is 2. The summed E-state index contributed by atoms with van der Waals surface area (Å²) in [4.78, 5) is 32.8. The molecule has 0 saturated heterocycles. The van der Waals surface area contributed by atoms with Gasteiger partial charge in [0.05, 0.1) is 44.1 Å². The van der Waals surface area contributed by atoms with Crippen LogP contribution in [0.15, 0.2) is 69.8 Å². The fourth-order valence-corrected chi connectivity index (χ4v) is 5.24. The summed E-state index contributed by atoms with van der Waals surface area (Å²) in [6.07, 6.45) is -0.262. The lowest BCUT2D eigenvalue weighted by Crippen LogP contribution is -2.38. The molecule has 0 aromatic heterocycles. The zero-order chi connectivity index (χ0) is 27.4. The second-order valence-electron chi connectivity index (χ2n) is 9.04. The molecule has 2 heterocycles. The number of methoxy groups -OCH3 is 2. The molecule has 10 heteroatoms. The first-order chi connectivity index (χ1) is 18.2. The highest BCUT2D eigenvalue weighted by Crippen LogP contribution is 2.46. The van der Waals surface area contributed by atoms with E-state index in [0.29, 0.717) is 33.6 Å². The van der Waals surface area contributed by atoms with Gasteiger partial charge in [-0.3, -0.25) is 4.79 Å². The quantitative estimate of drug-likeness (QED) is 0.445. The molecule has 0 fully saturated rings. The molecule has 1 N–H and O–H groups in total. The molecule has 2 aliphatic heterocycles. The van der Waals surface area contributed by atoms with Crippen LogP contribution in [0.25, 0.3) is 0 Å². The van der Waals surface area contributed by atoms with Crippen LogP contribution in [-0.4, -0.2) is 42.3 Å². The van der Waals surface area contributed by atoms with Gasteiger partial charge in [-0.05, 0) is 61.6 Å². The van der Waals surface area contributed by atoms with Crippen LogP contribution in [0.5, 0.6) is 11.5 Å². The Morgan fingerprint density at radius 1 is 1.11 bits per heavy atom. The van der Waals surface area contributed by atoms with E-state index in [9.17, 15) is 14.0 Å². The van der Waals surface area contributed by atoms with E-state index in [4.69, 9.17) is 14.2 Å². The van der Waals surface area contributed by atoms with Crippen LogP contribution in [-0.2, 0) is 20.9 Å². The van der Waals surface area contributed by atoms with Crippen molar-refractivity contribution in [3.05, 3.63) is 81.8 Å². The van der Waals surface area contributed by atoms with Crippen molar-refractivity contribution in [2.75, 3.05) is 14.2 Å². The second kappa shape index (κ2) is 11.7. The summed E-state index contributed by atoms with van der Waals surface area (Å²) >= 11 is 1.39. The molecule has 0 spiro atoms. The van der Waals surface area contributed by atoms with Gasteiger partial charge in [-0.2, -0.15) is 0 Å². The molecular weight excluding hydrogens is 509 g/mol. The maximum atomic E-state index is 13.3. The molecule has 4 rings (SSSR count). The molecule has 0 saturated carbocycles. The molecule has 200 valence electrons. The van der Waals surface area contributed by atoms with Gasteiger partial charge >= 0.3 is 5.97 Å². The molecule has 0 aliphatic carbocycles. The predicted octanol–water partition coefficient (Wildman–Crippen LogP) is 5.08. The Bertz CT molecular complexity index is 1320. The number of benzene rings is 2.